The van der Waals surface area contributed by atoms with Gasteiger partial charge in [0.05, 0.1) is 13.2 Å². The van der Waals surface area contributed by atoms with Crippen LogP contribution in [-0.2, 0) is 0 Å². The van der Waals surface area contributed by atoms with Gasteiger partial charge in [0, 0.05) is 24.2 Å². The Morgan fingerprint density at radius 3 is 2.89 bits per heavy atom. The van der Waals surface area contributed by atoms with E-state index < -0.39 is 0 Å². The molecule has 1 amide bonds. The van der Waals surface area contributed by atoms with Crippen LogP contribution in [-0.4, -0.2) is 66.5 Å². The summed E-state index contributed by atoms with van der Waals surface area (Å²) in [6, 6.07) is 7.85. The van der Waals surface area contributed by atoms with Crippen LogP contribution in [0.3, 0.4) is 0 Å². The highest BCUT2D eigenvalue weighted by Crippen LogP contribution is 2.30. The predicted molar refractivity (Wildman–Crippen MR) is 110 cm³/mol. The van der Waals surface area contributed by atoms with Crippen LogP contribution in [0, 0.1) is 0 Å². The summed E-state index contributed by atoms with van der Waals surface area (Å²) in [5.41, 5.74) is 0.653. The van der Waals surface area contributed by atoms with Gasteiger partial charge in [0.1, 0.15) is 0 Å². The fourth-order valence-electron chi connectivity index (χ4n) is 4.13. The molecule has 2 saturated heterocycles. The Hall–Kier alpha value is -1.66. The second-order valence-electron chi connectivity index (χ2n) is 7.43. The van der Waals surface area contributed by atoms with E-state index in [4.69, 9.17) is 9.15 Å². The van der Waals surface area contributed by atoms with Crippen LogP contribution in [0.5, 0.6) is 5.75 Å². The molecule has 2 aromatic rings. The monoisotopic (exact) mass is 388 g/mol. The van der Waals surface area contributed by atoms with Crippen molar-refractivity contribution in [1.82, 2.24) is 9.80 Å². The van der Waals surface area contributed by atoms with Crippen molar-refractivity contribution in [2.45, 2.75) is 31.7 Å². The highest BCUT2D eigenvalue weighted by atomic mass is 32.2. The number of thioether (sulfide) groups is 1. The van der Waals surface area contributed by atoms with E-state index in [1.165, 1.54) is 19.3 Å². The molecule has 0 spiro atoms. The van der Waals surface area contributed by atoms with E-state index in [9.17, 15) is 4.79 Å². The number of hydrogen-bond acceptors (Lipinski definition) is 5. The molecule has 0 N–H and O–H groups in total. The lowest BCUT2D eigenvalue weighted by Gasteiger charge is -2.35. The van der Waals surface area contributed by atoms with Gasteiger partial charge in [-0.2, -0.15) is 11.8 Å². The van der Waals surface area contributed by atoms with Crippen LogP contribution < -0.4 is 4.74 Å². The number of fused-ring (bicyclic) bond motifs is 1. The molecule has 4 rings (SSSR count). The van der Waals surface area contributed by atoms with Gasteiger partial charge >= 0.3 is 0 Å². The molecule has 0 aliphatic carbocycles. The normalized spacial score (nSPS) is 22.0. The van der Waals surface area contributed by atoms with Crippen molar-refractivity contribution in [2.75, 3.05) is 44.8 Å². The molecule has 0 radical (unpaired) electrons. The third-order valence-electron chi connectivity index (χ3n) is 5.56. The summed E-state index contributed by atoms with van der Waals surface area (Å²) in [6.07, 6.45) is 4.92. The predicted octanol–water partition coefficient (Wildman–Crippen LogP) is 3.88. The number of likely N-dealkylation sites (tertiary alicyclic amines) is 1. The number of amides is 1. The summed E-state index contributed by atoms with van der Waals surface area (Å²) in [5.74, 6) is 3.23. The molecule has 1 aromatic heterocycles. The highest BCUT2D eigenvalue weighted by molar-refractivity contribution is 7.99. The largest absolute Gasteiger partial charge is 0.493 e. The molecular weight excluding hydrogens is 360 g/mol. The number of para-hydroxylation sites is 1. The number of nitrogens with zero attached hydrogens (tertiary/aromatic N) is 2. The first-order chi connectivity index (χ1) is 13.3. The minimum atomic E-state index is 0.0118. The topological polar surface area (TPSA) is 45.9 Å². The number of piperidine rings is 1. The summed E-state index contributed by atoms with van der Waals surface area (Å²) in [6.45, 7) is 4.09. The molecule has 146 valence electrons. The zero-order valence-electron chi connectivity index (χ0n) is 16.0. The van der Waals surface area contributed by atoms with Crippen LogP contribution >= 0.6 is 11.8 Å². The van der Waals surface area contributed by atoms with Gasteiger partial charge in [0.25, 0.3) is 5.91 Å². The SMILES string of the molecule is COc1cccc2cc(C(=O)N3CCCSCC3CN3CCCCC3)oc12. The molecule has 5 nitrogen and oxygen atoms in total. The van der Waals surface area contributed by atoms with Crippen LogP contribution in [0.25, 0.3) is 11.0 Å². The number of rotatable bonds is 4. The Morgan fingerprint density at radius 2 is 2.07 bits per heavy atom. The first kappa shape index (κ1) is 18.7. The molecule has 6 heteroatoms. The second-order valence-corrected chi connectivity index (χ2v) is 8.58. The average Bonchev–Trinajstić information content (AvgIpc) is 3.02. The molecule has 2 aliphatic rings. The number of methoxy groups -OCH3 is 1. The number of carbonyl (C=O) groups is 1. The molecule has 0 saturated carbocycles. The number of ether oxygens (including phenoxy) is 1. The third kappa shape index (κ3) is 4.11. The van der Waals surface area contributed by atoms with Gasteiger partial charge in [0.2, 0.25) is 0 Å². The van der Waals surface area contributed by atoms with E-state index in [0.29, 0.717) is 17.1 Å². The van der Waals surface area contributed by atoms with E-state index in [0.717, 1.165) is 49.5 Å². The number of hydrogen-bond donors (Lipinski definition) is 0. The van der Waals surface area contributed by atoms with E-state index in [1.807, 2.05) is 36.0 Å². The van der Waals surface area contributed by atoms with Crippen LogP contribution in [0.15, 0.2) is 28.7 Å². The van der Waals surface area contributed by atoms with Gasteiger partial charge in [-0.05, 0) is 50.2 Å². The van der Waals surface area contributed by atoms with E-state index >= 15 is 0 Å². The van der Waals surface area contributed by atoms with Crippen LogP contribution in [0.4, 0.5) is 0 Å². The van der Waals surface area contributed by atoms with Gasteiger partial charge in [-0.1, -0.05) is 18.6 Å². The minimum absolute atomic E-state index is 0.0118. The van der Waals surface area contributed by atoms with Crippen LogP contribution in [0.1, 0.15) is 36.2 Å². The summed E-state index contributed by atoms with van der Waals surface area (Å²) in [4.78, 5) is 17.9. The molecule has 3 heterocycles. The van der Waals surface area contributed by atoms with Crippen molar-refractivity contribution < 1.29 is 13.9 Å². The lowest BCUT2D eigenvalue weighted by Crippen LogP contribution is -2.49. The van der Waals surface area contributed by atoms with Crippen molar-refractivity contribution in [3.8, 4) is 5.75 Å². The highest BCUT2D eigenvalue weighted by Gasteiger charge is 2.30. The molecule has 0 bridgehead atoms. The number of carbonyl (C=O) groups excluding carboxylic acids is 1. The van der Waals surface area contributed by atoms with E-state index in [-0.39, 0.29) is 11.9 Å². The Bertz CT molecular complexity index is 785. The number of benzene rings is 1. The van der Waals surface area contributed by atoms with Gasteiger partial charge in [-0.3, -0.25) is 4.79 Å². The molecule has 1 aromatic carbocycles. The Kier molecular flexibility index (Phi) is 5.93. The first-order valence-electron chi connectivity index (χ1n) is 9.94. The summed E-state index contributed by atoms with van der Waals surface area (Å²) < 4.78 is 11.3. The van der Waals surface area contributed by atoms with Gasteiger partial charge < -0.3 is 19.0 Å². The third-order valence-corrected chi connectivity index (χ3v) is 6.75. The van der Waals surface area contributed by atoms with E-state index in [2.05, 4.69) is 9.80 Å². The minimum Gasteiger partial charge on any atom is -0.493 e. The quantitative estimate of drug-likeness (QED) is 0.796. The molecule has 27 heavy (non-hydrogen) atoms. The maximum Gasteiger partial charge on any atom is 0.289 e. The standard InChI is InChI=1S/C21H28N2O3S/c1-25-18-8-5-7-16-13-19(26-20(16)18)21(24)23-11-6-12-27-15-17(23)14-22-9-3-2-4-10-22/h5,7-8,13,17H,2-4,6,9-12,14-15H2,1H3. The molecule has 1 unspecified atom stereocenters. The van der Waals surface area contributed by atoms with Gasteiger partial charge in [-0.25, -0.2) is 0 Å². The van der Waals surface area contributed by atoms with E-state index in [1.54, 1.807) is 7.11 Å². The summed E-state index contributed by atoms with van der Waals surface area (Å²) in [5, 5.41) is 0.912. The first-order valence-corrected chi connectivity index (χ1v) is 11.1. The van der Waals surface area contributed by atoms with Crippen molar-refractivity contribution in [2.24, 2.45) is 0 Å². The fourth-order valence-corrected chi connectivity index (χ4v) is 5.19. The zero-order chi connectivity index (χ0) is 18.6. The zero-order valence-corrected chi connectivity index (χ0v) is 16.8. The van der Waals surface area contributed by atoms with Gasteiger partial charge in [-0.15, -0.1) is 0 Å². The molecule has 1 atom stereocenters. The van der Waals surface area contributed by atoms with Crippen LogP contribution in [0.2, 0.25) is 0 Å². The Labute approximate surface area is 165 Å². The summed E-state index contributed by atoms with van der Waals surface area (Å²) >= 11 is 1.97. The van der Waals surface area contributed by atoms with Crippen molar-refractivity contribution >= 4 is 28.6 Å². The van der Waals surface area contributed by atoms with Crippen molar-refractivity contribution in [3.63, 3.8) is 0 Å². The lowest BCUT2D eigenvalue weighted by atomic mass is 10.1. The van der Waals surface area contributed by atoms with Crippen molar-refractivity contribution in [3.05, 3.63) is 30.0 Å². The molecule has 2 fully saturated rings. The average molecular weight is 389 g/mol. The lowest BCUT2D eigenvalue weighted by molar-refractivity contribution is 0.0616. The fraction of sp³-hybridized carbons (Fsp3) is 0.571. The van der Waals surface area contributed by atoms with Crippen molar-refractivity contribution in [1.29, 1.82) is 0 Å². The second kappa shape index (κ2) is 8.57. The summed E-state index contributed by atoms with van der Waals surface area (Å²) in [7, 11) is 1.62. The molecular formula is C21H28N2O3S. The maximum atomic E-state index is 13.3. The Morgan fingerprint density at radius 1 is 1.22 bits per heavy atom. The Balaban J connectivity index is 1.57. The smallest absolute Gasteiger partial charge is 0.289 e. The maximum absolute atomic E-state index is 13.3. The molecule has 2 aliphatic heterocycles. The van der Waals surface area contributed by atoms with Gasteiger partial charge in [0.15, 0.2) is 17.1 Å². The number of furan rings is 1.